The minimum absolute atomic E-state index is 0.916. The predicted molar refractivity (Wildman–Crippen MR) is 40.1 cm³/mol. The van der Waals surface area contributed by atoms with Gasteiger partial charge >= 0.3 is 0 Å². The Bertz CT molecular complexity index is 104. The highest BCUT2D eigenvalue weighted by atomic mass is 19.2. The summed E-state index contributed by atoms with van der Waals surface area (Å²) in [6, 6.07) is 0. The highest BCUT2D eigenvalue weighted by molar-refractivity contribution is 4.77. The summed E-state index contributed by atoms with van der Waals surface area (Å²) in [5, 5.41) is 0. The number of alkyl halides is 4. The average Bonchev–Trinajstić information content (AvgIpc) is 2.12. The SMILES string of the molecule is CC(CF)C(F)C(F)C(C)CF. The van der Waals surface area contributed by atoms with Crippen LogP contribution in [0.3, 0.4) is 0 Å². The molecule has 0 fully saturated rings. The lowest BCUT2D eigenvalue weighted by molar-refractivity contribution is 0.0598. The summed E-state index contributed by atoms with van der Waals surface area (Å²) in [5.41, 5.74) is 0. The van der Waals surface area contributed by atoms with Crippen molar-refractivity contribution >= 4 is 0 Å². The predicted octanol–water partition coefficient (Wildman–Crippen LogP) is 2.87. The summed E-state index contributed by atoms with van der Waals surface area (Å²) in [4.78, 5) is 0. The molecule has 0 aromatic rings. The maximum atomic E-state index is 12.8. The van der Waals surface area contributed by atoms with Crippen LogP contribution in [0.1, 0.15) is 13.8 Å². The zero-order valence-corrected chi connectivity index (χ0v) is 7.24. The van der Waals surface area contributed by atoms with Crippen molar-refractivity contribution in [1.82, 2.24) is 0 Å². The molecule has 0 amide bonds. The molecule has 0 rings (SSSR count). The Hall–Kier alpha value is -0.280. The fourth-order valence-corrected chi connectivity index (χ4v) is 0.798. The molecule has 0 bridgehead atoms. The van der Waals surface area contributed by atoms with Gasteiger partial charge in [0.15, 0.2) is 0 Å². The third-order valence-electron chi connectivity index (χ3n) is 1.88. The van der Waals surface area contributed by atoms with E-state index in [1.807, 2.05) is 0 Å². The molecular formula is C8H14F4. The molecule has 4 unspecified atom stereocenters. The Kier molecular flexibility index (Phi) is 5.25. The lowest BCUT2D eigenvalue weighted by Gasteiger charge is -2.20. The number of halogens is 4. The summed E-state index contributed by atoms with van der Waals surface area (Å²) in [5.74, 6) is -1.98. The van der Waals surface area contributed by atoms with Gasteiger partial charge in [0.25, 0.3) is 0 Å². The molecule has 4 heteroatoms. The van der Waals surface area contributed by atoms with E-state index >= 15 is 0 Å². The molecule has 0 saturated carbocycles. The number of hydrogen-bond acceptors (Lipinski definition) is 0. The largest absolute Gasteiger partial charge is 0.251 e. The smallest absolute Gasteiger partial charge is 0.137 e. The van der Waals surface area contributed by atoms with E-state index in [2.05, 4.69) is 0 Å². The molecule has 12 heavy (non-hydrogen) atoms. The lowest BCUT2D eigenvalue weighted by atomic mass is 9.96. The molecule has 0 aliphatic carbocycles. The summed E-state index contributed by atoms with van der Waals surface area (Å²) < 4.78 is 49.4. The van der Waals surface area contributed by atoms with Crippen molar-refractivity contribution in [1.29, 1.82) is 0 Å². The fraction of sp³-hybridized carbons (Fsp3) is 1.00. The summed E-state index contributed by atoms with van der Waals surface area (Å²) >= 11 is 0. The lowest BCUT2D eigenvalue weighted by Crippen LogP contribution is -2.32. The van der Waals surface area contributed by atoms with Gasteiger partial charge in [-0.1, -0.05) is 13.8 Å². The molecule has 0 saturated heterocycles. The Morgan fingerprint density at radius 1 is 0.833 bits per heavy atom. The van der Waals surface area contributed by atoms with Gasteiger partial charge in [0.2, 0.25) is 0 Å². The van der Waals surface area contributed by atoms with Crippen molar-refractivity contribution in [3.8, 4) is 0 Å². The molecule has 0 N–H and O–H groups in total. The molecule has 0 aliphatic rings. The molecule has 4 atom stereocenters. The van der Waals surface area contributed by atoms with Crippen LogP contribution in [0.2, 0.25) is 0 Å². The van der Waals surface area contributed by atoms with Gasteiger partial charge in [-0.25, -0.2) is 8.78 Å². The molecule has 74 valence electrons. The van der Waals surface area contributed by atoms with Crippen molar-refractivity contribution in [3.05, 3.63) is 0 Å². The Morgan fingerprint density at radius 3 is 1.25 bits per heavy atom. The van der Waals surface area contributed by atoms with Crippen LogP contribution in [-0.2, 0) is 0 Å². The van der Waals surface area contributed by atoms with Crippen molar-refractivity contribution in [2.45, 2.75) is 26.2 Å². The molecule has 0 aromatic heterocycles. The quantitative estimate of drug-likeness (QED) is 0.579. The van der Waals surface area contributed by atoms with Gasteiger partial charge in [-0.15, -0.1) is 0 Å². The van der Waals surface area contributed by atoms with E-state index in [0.717, 1.165) is 0 Å². The summed E-state index contributed by atoms with van der Waals surface area (Å²) in [7, 11) is 0. The van der Waals surface area contributed by atoms with Crippen LogP contribution in [0.4, 0.5) is 17.6 Å². The highest BCUT2D eigenvalue weighted by Crippen LogP contribution is 2.21. The van der Waals surface area contributed by atoms with Gasteiger partial charge in [-0.3, -0.25) is 8.78 Å². The first-order chi connectivity index (χ1) is 5.54. The van der Waals surface area contributed by atoms with Crippen molar-refractivity contribution < 1.29 is 17.6 Å². The van der Waals surface area contributed by atoms with Crippen LogP contribution in [-0.4, -0.2) is 25.7 Å². The molecule has 0 nitrogen and oxygen atoms in total. The zero-order chi connectivity index (χ0) is 9.72. The summed E-state index contributed by atoms with van der Waals surface area (Å²) in [6.07, 6.45) is -3.80. The van der Waals surface area contributed by atoms with Gasteiger partial charge in [0, 0.05) is 11.8 Å². The first kappa shape index (κ1) is 11.7. The van der Waals surface area contributed by atoms with Gasteiger partial charge in [-0.05, 0) is 0 Å². The Morgan fingerprint density at radius 2 is 1.08 bits per heavy atom. The second-order valence-electron chi connectivity index (χ2n) is 3.15. The van der Waals surface area contributed by atoms with Gasteiger partial charge in [-0.2, -0.15) is 0 Å². The molecular weight excluding hydrogens is 172 g/mol. The number of hydrogen-bond donors (Lipinski definition) is 0. The van der Waals surface area contributed by atoms with Crippen LogP contribution in [0, 0.1) is 11.8 Å². The van der Waals surface area contributed by atoms with Crippen LogP contribution < -0.4 is 0 Å². The average molecular weight is 186 g/mol. The minimum atomic E-state index is -1.90. The second kappa shape index (κ2) is 5.38. The van der Waals surface area contributed by atoms with Gasteiger partial charge in [0.05, 0.1) is 13.3 Å². The van der Waals surface area contributed by atoms with E-state index in [1.54, 1.807) is 0 Å². The fourth-order valence-electron chi connectivity index (χ4n) is 0.798. The third-order valence-corrected chi connectivity index (χ3v) is 1.88. The molecule has 0 spiro atoms. The van der Waals surface area contributed by atoms with E-state index in [-0.39, 0.29) is 0 Å². The summed E-state index contributed by atoms with van der Waals surface area (Å²) in [6.45, 7) is 0.700. The maximum absolute atomic E-state index is 12.8. The Balaban J connectivity index is 3.99. The van der Waals surface area contributed by atoms with Crippen LogP contribution in [0.25, 0.3) is 0 Å². The van der Waals surface area contributed by atoms with Crippen LogP contribution in [0.15, 0.2) is 0 Å². The van der Waals surface area contributed by atoms with E-state index in [0.29, 0.717) is 0 Å². The van der Waals surface area contributed by atoms with Gasteiger partial charge < -0.3 is 0 Å². The normalized spacial score (nSPS) is 21.5. The number of rotatable bonds is 5. The van der Waals surface area contributed by atoms with Crippen molar-refractivity contribution in [2.75, 3.05) is 13.3 Å². The first-order valence-corrected chi connectivity index (χ1v) is 3.94. The monoisotopic (exact) mass is 186 g/mol. The Labute approximate surface area is 70.0 Å². The molecule has 0 radical (unpaired) electrons. The second-order valence-corrected chi connectivity index (χ2v) is 3.15. The molecule has 0 aromatic carbocycles. The molecule has 0 aliphatic heterocycles. The zero-order valence-electron chi connectivity index (χ0n) is 7.24. The standard InChI is InChI=1S/C8H14F4/c1-5(3-9)7(11)8(12)6(2)4-10/h5-8H,3-4H2,1-2H3. The first-order valence-electron chi connectivity index (χ1n) is 3.94. The topological polar surface area (TPSA) is 0 Å². The maximum Gasteiger partial charge on any atom is 0.137 e. The van der Waals surface area contributed by atoms with E-state index in [1.165, 1.54) is 13.8 Å². The third kappa shape index (κ3) is 2.99. The van der Waals surface area contributed by atoms with Crippen molar-refractivity contribution in [2.24, 2.45) is 11.8 Å². The van der Waals surface area contributed by atoms with Crippen LogP contribution in [0.5, 0.6) is 0 Å². The highest BCUT2D eigenvalue weighted by Gasteiger charge is 2.30. The van der Waals surface area contributed by atoms with E-state index in [9.17, 15) is 17.6 Å². The van der Waals surface area contributed by atoms with E-state index in [4.69, 9.17) is 0 Å². The molecule has 0 heterocycles. The van der Waals surface area contributed by atoms with Crippen molar-refractivity contribution in [3.63, 3.8) is 0 Å². The van der Waals surface area contributed by atoms with Gasteiger partial charge in [0.1, 0.15) is 12.3 Å². The van der Waals surface area contributed by atoms with Crippen LogP contribution >= 0.6 is 0 Å². The minimum Gasteiger partial charge on any atom is -0.251 e. The van der Waals surface area contributed by atoms with E-state index < -0.39 is 37.5 Å².